The lowest BCUT2D eigenvalue weighted by molar-refractivity contribution is 0.0582. The number of phenolic OH excluding ortho intramolecular Hbond substituents is 2. The fraction of sp³-hybridized carbons (Fsp3) is 0.0625. The number of ether oxygens (including phenoxy) is 1. The largest absolute Gasteiger partial charge is 0.508 e. The number of hydrogen-bond acceptors (Lipinski definition) is 6. The Balaban J connectivity index is 2.95. The van der Waals surface area contributed by atoms with Crippen molar-refractivity contribution in [1.29, 1.82) is 0 Å². The maximum atomic E-state index is 12.0. The molecule has 0 radical (unpaired) electrons. The molecule has 0 aliphatic carbocycles. The Bertz CT molecular complexity index is 853. The van der Waals surface area contributed by atoms with Crippen LogP contribution in [0.1, 0.15) is 31.1 Å². The van der Waals surface area contributed by atoms with E-state index in [1.807, 2.05) is 0 Å². The summed E-state index contributed by atoms with van der Waals surface area (Å²) in [5, 5.41) is 38.0. The summed E-state index contributed by atoms with van der Waals surface area (Å²) in [4.78, 5) is 34.7. The second-order valence-corrected chi connectivity index (χ2v) is 4.75. The summed E-state index contributed by atoms with van der Waals surface area (Å²) in [6, 6.07) is 5.22. The molecule has 0 aromatic heterocycles. The summed E-state index contributed by atoms with van der Waals surface area (Å²) < 4.78 is 4.57. The van der Waals surface area contributed by atoms with Crippen LogP contribution in [0.2, 0.25) is 0 Å². The van der Waals surface area contributed by atoms with Crippen molar-refractivity contribution in [1.82, 2.24) is 0 Å². The highest BCUT2D eigenvalue weighted by Gasteiger charge is 2.26. The lowest BCUT2D eigenvalue weighted by Crippen LogP contribution is -2.14. The summed E-state index contributed by atoms with van der Waals surface area (Å²) in [6.07, 6.45) is 0. The Labute approximate surface area is 135 Å². The van der Waals surface area contributed by atoms with Gasteiger partial charge in [-0.15, -0.1) is 0 Å². The van der Waals surface area contributed by atoms with E-state index < -0.39 is 34.6 Å². The predicted molar refractivity (Wildman–Crippen MR) is 80.5 cm³/mol. The number of carboxylic acids is 2. The Morgan fingerprint density at radius 2 is 1.58 bits per heavy atom. The molecule has 0 aliphatic rings. The number of aromatic hydroxyl groups is 2. The van der Waals surface area contributed by atoms with Crippen molar-refractivity contribution in [2.75, 3.05) is 7.11 Å². The number of carboxylic acid groups (broad SMARTS) is 2. The third-order valence-corrected chi connectivity index (χ3v) is 3.28. The van der Waals surface area contributed by atoms with Crippen molar-refractivity contribution in [3.8, 4) is 22.6 Å². The molecule has 0 aliphatic heterocycles. The van der Waals surface area contributed by atoms with E-state index in [9.17, 15) is 29.7 Å². The van der Waals surface area contributed by atoms with Gasteiger partial charge in [-0.25, -0.2) is 14.4 Å². The SMILES string of the molecule is COC(=O)c1c(C(=O)O)cc(C(=O)O)cc1-c1cc(O)ccc1O. The summed E-state index contributed by atoms with van der Waals surface area (Å²) in [6.45, 7) is 0. The summed E-state index contributed by atoms with van der Waals surface area (Å²) in [7, 11) is 1.03. The van der Waals surface area contributed by atoms with Crippen LogP contribution in [0.5, 0.6) is 11.5 Å². The molecule has 0 saturated carbocycles. The average Bonchev–Trinajstić information content (AvgIpc) is 2.54. The Morgan fingerprint density at radius 1 is 0.917 bits per heavy atom. The second-order valence-electron chi connectivity index (χ2n) is 4.75. The zero-order chi connectivity index (χ0) is 18.0. The van der Waals surface area contributed by atoms with Crippen LogP contribution in [0.3, 0.4) is 0 Å². The zero-order valence-electron chi connectivity index (χ0n) is 12.3. The van der Waals surface area contributed by atoms with Gasteiger partial charge in [-0.3, -0.25) is 0 Å². The highest BCUT2D eigenvalue weighted by Crippen LogP contribution is 2.36. The normalized spacial score (nSPS) is 10.2. The van der Waals surface area contributed by atoms with E-state index in [4.69, 9.17) is 5.11 Å². The fourth-order valence-corrected chi connectivity index (χ4v) is 2.21. The second kappa shape index (κ2) is 6.29. The smallest absolute Gasteiger partial charge is 0.339 e. The predicted octanol–water partition coefficient (Wildman–Crippen LogP) is 1.95. The van der Waals surface area contributed by atoms with Crippen molar-refractivity contribution < 1.29 is 39.5 Å². The Morgan fingerprint density at radius 3 is 2.12 bits per heavy atom. The lowest BCUT2D eigenvalue weighted by Gasteiger charge is -2.14. The van der Waals surface area contributed by atoms with Crippen LogP contribution >= 0.6 is 0 Å². The number of benzene rings is 2. The molecule has 4 N–H and O–H groups in total. The quantitative estimate of drug-likeness (QED) is 0.491. The van der Waals surface area contributed by atoms with Crippen LogP contribution in [-0.4, -0.2) is 45.4 Å². The van der Waals surface area contributed by atoms with Gasteiger partial charge in [-0.2, -0.15) is 0 Å². The number of hydrogen-bond donors (Lipinski definition) is 4. The number of phenols is 2. The van der Waals surface area contributed by atoms with Gasteiger partial charge in [-0.1, -0.05) is 0 Å². The van der Waals surface area contributed by atoms with Crippen molar-refractivity contribution in [2.45, 2.75) is 0 Å². The molecule has 0 atom stereocenters. The molecule has 0 amide bonds. The van der Waals surface area contributed by atoms with Gasteiger partial charge in [0, 0.05) is 11.1 Å². The summed E-state index contributed by atoms with van der Waals surface area (Å²) >= 11 is 0. The van der Waals surface area contributed by atoms with E-state index in [1.54, 1.807) is 0 Å². The van der Waals surface area contributed by atoms with E-state index in [-0.39, 0.29) is 22.6 Å². The zero-order valence-corrected chi connectivity index (χ0v) is 12.3. The first-order valence-corrected chi connectivity index (χ1v) is 6.51. The minimum Gasteiger partial charge on any atom is -0.508 e. The van der Waals surface area contributed by atoms with Crippen LogP contribution in [0.15, 0.2) is 30.3 Å². The number of carbonyl (C=O) groups is 3. The number of esters is 1. The van der Waals surface area contributed by atoms with E-state index in [0.717, 1.165) is 31.4 Å². The van der Waals surface area contributed by atoms with Crippen LogP contribution in [0.25, 0.3) is 11.1 Å². The molecule has 0 unspecified atom stereocenters. The highest BCUT2D eigenvalue weighted by molar-refractivity contribution is 6.09. The molecular formula is C16H12O8. The molecular weight excluding hydrogens is 320 g/mol. The third-order valence-electron chi connectivity index (χ3n) is 3.28. The van der Waals surface area contributed by atoms with Crippen molar-refractivity contribution >= 4 is 17.9 Å². The summed E-state index contributed by atoms with van der Waals surface area (Å²) in [5.41, 5.74) is -1.73. The van der Waals surface area contributed by atoms with Gasteiger partial charge >= 0.3 is 17.9 Å². The highest BCUT2D eigenvalue weighted by atomic mass is 16.5. The van der Waals surface area contributed by atoms with Crippen molar-refractivity contribution in [3.63, 3.8) is 0 Å². The molecule has 2 aromatic rings. The molecule has 0 saturated heterocycles. The average molecular weight is 332 g/mol. The molecule has 0 fully saturated rings. The topological polar surface area (TPSA) is 141 Å². The lowest BCUT2D eigenvalue weighted by atomic mass is 9.92. The van der Waals surface area contributed by atoms with Crippen LogP contribution in [0, 0.1) is 0 Å². The van der Waals surface area contributed by atoms with Gasteiger partial charge in [0.1, 0.15) is 11.5 Å². The molecule has 124 valence electrons. The van der Waals surface area contributed by atoms with Crippen molar-refractivity contribution in [2.24, 2.45) is 0 Å². The summed E-state index contributed by atoms with van der Waals surface area (Å²) in [5.74, 6) is -4.63. The molecule has 8 nitrogen and oxygen atoms in total. The molecule has 0 heterocycles. The monoisotopic (exact) mass is 332 g/mol. The molecule has 2 rings (SSSR count). The van der Waals surface area contributed by atoms with E-state index in [0.29, 0.717) is 0 Å². The maximum absolute atomic E-state index is 12.0. The minimum absolute atomic E-state index is 0.110. The number of methoxy groups -OCH3 is 1. The van der Waals surface area contributed by atoms with Gasteiger partial charge < -0.3 is 25.2 Å². The first-order chi connectivity index (χ1) is 11.3. The molecule has 24 heavy (non-hydrogen) atoms. The van der Waals surface area contributed by atoms with E-state index in [2.05, 4.69) is 4.74 Å². The van der Waals surface area contributed by atoms with E-state index in [1.165, 1.54) is 6.07 Å². The van der Waals surface area contributed by atoms with Gasteiger partial charge in [-0.05, 0) is 30.3 Å². The Kier molecular flexibility index (Phi) is 4.41. The van der Waals surface area contributed by atoms with Gasteiger partial charge in [0.15, 0.2) is 0 Å². The minimum atomic E-state index is -1.54. The number of rotatable bonds is 4. The molecule has 0 spiro atoms. The third kappa shape index (κ3) is 2.98. The number of carbonyl (C=O) groups excluding carboxylic acids is 1. The molecule has 8 heteroatoms. The van der Waals surface area contributed by atoms with Gasteiger partial charge in [0.25, 0.3) is 0 Å². The van der Waals surface area contributed by atoms with Crippen LogP contribution < -0.4 is 0 Å². The first-order valence-electron chi connectivity index (χ1n) is 6.51. The standard InChI is InChI=1S/C16H12O8/c1-24-16(23)13-10(9-6-8(17)2-3-12(9)18)4-7(14(19)20)5-11(13)15(21)22/h2-6,17-18H,1H3,(H,19,20)(H,21,22). The fourth-order valence-electron chi connectivity index (χ4n) is 2.21. The number of aromatic carboxylic acids is 2. The van der Waals surface area contributed by atoms with Crippen molar-refractivity contribution in [3.05, 3.63) is 47.0 Å². The molecule has 0 bridgehead atoms. The van der Waals surface area contributed by atoms with E-state index >= 15 is 0 Å². The van der Waals surface area contributed by atoms with Gasteiger partial charge in [0.2, 0.25) is 0 Å². The van der Waals surface area contributed by atoms with Crippen LogP contribution in [-0.2, 0) is 4.74 Å². The molecule has 2 aromatic carbocycles. The Hall–Kier alpha value is -3.55. The van der Waals surface area contributed by atoms with Gasteiger partial charge in [0.05, 0.1) is 23.8 Å². The first kappa shape index (κ1) is 16.8. The van der Waals surface area contributed by atoms with Crippen LogP contribution in [0.4, 0.5) is 0 Å². The maximum Gasteiger partial charge on any atom is 0.339 e.